The normalized spacial score (nSPS) is 22.2. The Balaban J connectivity index is 2.16. The Hall–Kier alpha value is -1.06. The molecule has 0 saturated carbocycles. The average Bonchev–Trinajstić information content (AvgIpc) is 2.67. The summed E-state index contributed by atoms with van der Waals surface area (Å²) in [5.74, 6) is 0. The van der Waals surface area contributed by atoms with E-state index < -0.39 is 0 Å². The molecule has 0 radical (unpaired) electrons. The Kier molecular flexibility index (Phi) is 2.47. The highest BCUT2D eigenvalue weighted by atomic mass is 16.5. The Labute approximate surface area is 78.3 Å². The van der Waals surface area contributed by atoms with E-state index >= 15 is 0 Å². The highest BCUT2D eigenvalue weighted by molar-refractivity contribution is 5.45. The third-order valence-corrected chi connectivity index (χ3v) is 2.27. The Morgan fingerprint density at radius 3 is 2.85 bits per heavy atom. The summed E-state index contributed by atoms with van der Waals surface area (Å²) in [6, 6.07) is 10.2. The number of nitrogens with one attached hydrogen (secondary N) is 1. The first-order valence-electron chi connectivity index (χ1n) is 4.52. The Morgan fingerprint density at radius 2 is 2.15 bits per heavy atom. The average molecular weight is 178 g/mol. The van der Waals surface area contributed by atoms with E-state index in [1.807, 2.05) is 18.2 Å². The molecular formula is C10H14N2O. The minimum atomic E-state index is 0.169. The van der Waals surface area contributed by atoms with Gasteiger partial charge in [-0.1, -0.05) is 18.2 Å². The van der Waals surface area contributed by atoms with Crippen molar-refractivity contribution in [3.63, 3.8) is 0 Å². The highest BCUT2D eigenvalue weighted by Crippen LogP contribution is 2.19. The molecule has 1 aliphatic heterocycles. The lowest BCUT2D eigenvalue weighted by Gasteiger charge is -2.24. The third kappa shape index (κ3) is 1.66. The van der Waals surface area contributed by atoms with Crippen molar-refractivity contribution in [2.75, 3.05) is 18.7 Å². The van der Waals surface area contributed by atoms with Crippen molar-refractivity contribution in [2.24, 2.45) is 0 Å². The second kappa shape index (κ2) is 3.77. The first-order valence-corrected chi connectivity index (χ1v) is 4.52. The first kappa shape index (κ1) is 8.53. The Bertz CT molecular complexity index is 263. The number of rotatable bonds is 2. The summed E-state index contributed by atoms with van der Waals surface area (Å²) in [5, 5.41) is 2.07. The number of hydrazine groups is 1. The van der Waals surface area contributed by atoms with Crippen LogP contribution in [0.1, 0.15) is 6.42 Å². The Morgan fingerprint density at radius 1 is 1.38 bits per heavy atom. The van der Waals surface area contributed by atoms with Crippen LogP contribution in [0.15, 0.2) is 30.3 Å². The van der Waals surface area contributed by atoms with Gasteiger partial charge in [-0.2, -0.15) is 0 Å². The largest absolute Gasteiger partial charge is 0.360 e. The van der Waals surface area contributed by atoms with E-state index in [2.05, 4.69) is 22.6 Å². The van der Waals surface area contributed by atoms with Crippen LogP contribution in [0.3, 0.4) is 0 Å². The molecular weight excluding hydrogens is 164 g/mol. The molecule has 0 bridgehead atoms. The molecule has 3 heteroatoms. The number of nitrogens with zero attached hydrogens (tertiary/aromatic N) is 1. The number of benzene rings is 1. The molecule has 0 aromatic heterocycles. The van der Waals surface area contributed by atoms with Gasteiger partial charge in [-0.25, -0.2) is 5.43 Å². The van der Waals surface area contributed by atoms with Gasteiger partial charge in [0.15, 0.2) is 0 Å². The number of ether oxygens (including phenoxy) is 1. The van der Waals surface area contributed by atoms with Crippen LogP contribution in [0.5, 0.6) is 0 Å². The fourth-order valence-corrected chi connectivity index (χ4v) is 1.61. The van der Waals surface area contributed by atoms with Crippen LogP contribution < -0.4 is 10.4 Å². The van der Waals surface area contributed by atoms with Gasteiger partial charge in [-0.3, -0.25) is 5.01 Å². The van der Waals surface area contributed by atoms with Crippen molar-refractivity contribution in [2.45, 2.75) is 12.6 Å². The van der Waals surface area contributed by atoms with E-state index in [1.54, 1.807) is 7.11 Å². The molecule has 1 aromatic carbocycles. The highest BCUT2D eigenvalue weighted by Gasteiger charge is 2.23. The molecule has 1 aliphatic rings. The lowest BCUT2D eigenvalue weighted by Crippen LogP contribution is -2.38. The van der Waals surface area contributed by atoms with Crippen LogP contribution >= 0.6 is 0 Å². The second-order valence-corrected chi connectivity index (χ2v) is 3.09. The summed E-state index contributed by atoms with van der Waals surface area (Å²) in [7, 11) is 1.74. The SMILES string of the molecule is COC1CCNN1c1ccccc1. The van der Waals surface area contributed by atoms with Crippen molar-refractivity contribution >= 4 is 5.69 Å². The van der Waals surface area contributed by atoms with Gasteiger partial charge < -0.3 is 4.74 Å². The molecule has 3 nitrogen and oxygen atoms in total. The number of anilines is 1. The zero-order chi connectivity index (χ0) is 9.10. The molecule has 1 fully saturated rings. The maximum atomic E-state index is 5.34. The summed E-state index contributed by atoms with van der Waals surface area (Å²) in [4.78, 5) is 0. The molecule has 13 heavy (non-hydrogen) atoms. The number of hydrogen-bond acceptors (Lipinski definition) is 3. The van der Waals surface area contributed by atoms with E-state index in [4.69, 9.17) is 4.74 Å². The van der Waals surface area contributed by atoms with Crippen LogP contribution in [-0.2, 0) is 4.74 Å². The molecule has 1 heterocycles. The van der Waals surface area contributed by atoms with Crippen molar-refractivity contribution in [3.05, 3.63) is 30.3 Å². The van der Waals surface area contributed by atoms with Crippen molar-refractivity contribution in [1.82, 2.24) is 5.43 Å². The van der Waals surface area contributed by atoms with Gasteiger partial charge in [-0.05, 0) is 12.1 Å². The van der Waals surface area contributed by atoms with Crippen molar-refractivity contribution in [1.29, 1.82) is 0 Å². The zero-order valence-corrected chi connectivity index (χ0v) is 7.73. The smallest absolute Gasteiger partial charge is 0.145 e. The predicted molar refractivity (Wildman–Crippen MR) is 52.3 cm³/mol. The van der Waals surface area contributed by atoms with Crippen LogP contribution in [0.4, 0.5) is 5.69 Å². The molecule has 70 valence electrons. The van der Waals surface area contributed by atoms with Gasteiger partial charge in [0, 0.05) is 20.1 Å². The molecule has 2 rings (SSSR count). The van der Waals surface area contributed by atoms with Crippen LogP contribution in [0, 0.1) is 0 Å². The van der Waals surface area contributed by atoms with E-state index in [9.17, 15) is 0 Å². The zero-order valence-electron chi connectivity index (χ0n) is 7.73. The fourth-order valence-electron chi connectivity index (χ4n) is 1.61. The van der Waals surface area contributed by atoms with Gasteiger partial charge in [0.05, 0.1) is 5.69 Å². The number of para-hydroxylation sites is 1. The van der Waals surface area contributed by atoms with Gasteiger partial charge in [0.2, 0.25) is 0 Å². The van der Waals surface area contributed by atoms with Gasteiger partial charge >= 0.3 is 0 Å². The molecule has 0 aliphatic carbocycles. The van der Waals surface area contributed by atoms with Crippen LogP contribution in [-0.4, -0.2) is 19.9 Å². The first-order chi connectivity index (χ1) is 6.42. The van der Waals surface area contributed by atoms with E-state index in [1.165, 1.54) is 0 Å². The lowest BCUT2D eigenvalue weighted by molar-refractivity contribution is 0.109. The van der Waals surface area contributed by atoms with Crippen LogP contribution in [0.2, 0.25) is 0 Å². The topological polar surface area (TPSA) is 24.5 Å². The molecule has 1 unspecified atom stereocenters. The fraction of sp³-hybridized carbons (Fsp3) is 0.400. The van der Waals surface area contributed by atoms with E-state index in [0.717, 1.165) is 18.7 Å². The minimum Gasteiger partial charge on any atom is -0.360 e. The maximum absolute atomic E-state index is 5.34. The van der Waals surface area contributed by atoms with Gasteiger partial charge in [0.1, 0.15) is 6.23 Å². The summed E-state index contributed by atoms with van der Waals surface area (Å²) in [6.07, 6.45) is 1.20. The molecule has 0 amide bonds. The summed E-state index contributed by atoms with van der Waals surface area (Å²) in [6.45, 7) is 0.980. The predicted octanol–water partition coefficient (Wildman–Crippen LogP) is 1.37. The molecule has 0 spiro atoms. The van der Waals surface area contributed by atoms with E-state index in [-0.39, 0.29) is 6.23 Å². The van der Waals surface area contributed by atoms with E-state index in [0.29, 0.717) is 0 Å². The third-order valence-electron chi connectivity index (χ3n) is 2.27. The summed E-state index contributed by atoms with van der Waals surface area (Å²) in [5.41, 5.74) is 4.44. The van der Waals surface area contributed by atoms with Crippen molar-refractivity contribution in [3.8, 4) is 0 Å². The molecule has 1 atom stereocenters. The van der Waals surface area contributed by atoms with Crippen molar-refractivity contribution < 1.29 is 4.74 Å². The quantitative estimate of drug-likeness (QED) is 0.740. The second-order valence-electron chi connectivity index (χ2n) is 3.09. The summed E-state index contributed by atoms with van der Waals surface area (Å²) >= 11 is 0. The molecule has 1 saturated heterocycles. The van der Waals surface area contributed by atoms with Crippen LogP contribution in [0.25, 0.3) is 0 Å². The van der Waals surface area contributed by atoms with Gasteiger partial charge in [-0.15, -0.1) is 0 Å². The minimum absolute atomic E-state index is 0.169. The standard InChI is InChI=1S/C10H14N2O/c1-13-10-7-8-11-12(10)9-5-3-2-4-6-9/h2-6,10-11H,7-8H2,1H3. The lowest BCUT2D eigenvalue weighted by atomic mass is 10.3. The summed E-state index contributed by atoms with van der Waals surface area (Å²) < 4.78 is 5.34. The van der Waals surface area contributed by atoms with Gasteiger partial charge in [0.25, 0.3) is 0 Å². The maximum Gasteiger partial charge on any atom is 0.145 e. The number of hydrogen-bond donors (Lipinski definition) is 1. The molecule has 1 aromatic rings. The monoisotopic (exact) mass is 178 g/mol. The number of methoxy groups -OCH3 is 1. The molecule has 1 N–H and O–H groups in total.